The van der Waals surface area contributed by atoms with Crippen molar-refractivity contribution in [2.75, 3.05) is 25.2 Å². The monoisotopic (exact) mass is 291 g/mol. The van der Waals surface area contributed by atoms with Gasteiger partial charge < -0.3 is 15.8 Å². The zero-order valence-electron chi connectivity index (χ0n) is 11.9. The summed E-state index contributed by atoms with van der Waals surface area (Å²) in [4.78, 5) is 36.1. The molecular formula is C14H17N3O4. The van der Waals surface area contributed by atoms with E-state index in [4.69, 9.17) is 5.73 Å². The molecule has 1 heterocycles. The molecule has 1 aromatic carbocycles. The third-order valence-corrected chi connectivity index (χ3v) is 3.45. The SMILES string of the molecule is COC(=O)c1ccc(N)c(NC2CCC(=O)N(C)C2=O)c1. The van der Waals surface area contributed by atoms with Gasteiger partial charge in [-0.25, -0.2) is 4.79 Å². The molecule has 2 rings (SSSR count). The number of likely N-dealkylation sites (tertiary alicyclic amines) is 1. The minimum Gasteiger partial charge on any atom is -0.465 e. The lowest BCUT2D eigenvalue weighted by Gasteiger charge is -2.29. The van der Waals surface area contributed by atoms with Gasteiger partial charge in [0.2, 0.25) is 5.91 Å². The Morgan fingerprint density at radius 2 is 2.14 bits per heavy atom. The summed E-state index contributed by atoms with van der Waals surface area (Å²) < 4.78 is 4.65. The Hall–Kier alpha value is -2.57. The molecule has 1 aromatic rings. The van der Waals surface area contributed by atoms with E-state index in [1.807, 2.05) is 0 Å². The highest BCUT2D eigenvalue weighted by atomic mass is 16.5. The Kier molecular flexibility index (Phi) is 4.11. The molecule has 1 aliphatic rings. The topological polar surface area (TPSA) is 102 Å². The summed E-state index contributed by atoms with van der Waals surface area (Å²) >= 11 is 0. The number of nitrogens with zero attached hydrogens (tertiary/aromatic N) is 1. The summed E-state index contributed by atoms with van der Waals surface area (Å²) in [7, 11) is 2.74. The van der Waals surface area contributed by atoms with E-state index in [-0.39, 0.29) is 18.2 Å². The molecule has 1 aliphatic heterocycles. The fourth-order valence-electron chi connectivity index (χ4n) is 2.16. The number of likely N-dealkylation sites (N-methyl/N-ethyl adjacent to an activating group) is 1. The number of carbonyl (C=O) groups excluding carboxylic acids is 3. The van der Waals surface area contributed by atoms with Gasteiger partial charge in [-0.15, -0.1) is 0 Å². The van der Waals surface area contributed by atoms with Gasteiger partial charge in [0.1, 0.15) is 6.04 Å². The van der Waals surface area contributed by atoms with Gasteiger partial charge in [-0.2, -0.15) is 0 Å². The van der Waals surface area contributed by atoms with Crippen LogP contribution < -0.4 is 11.1 Å². The number of benzene rings is 1. The van der Waals surface area contributed by atoms with Crippen LogP contribution in [0.15, 0.2) is 18.2 Å². The van der Waals surface area contributed by atoms with Gasteiger partial charge in [-0.05, 0) is 24.6 Å². The number of imide groups is 1. The normalized spacial score (nSPS) is 18.6. The molecule has 1 unspecified atom stereocenters. The first-order chi connectivity index (χ1) is 9.93. The Labute approximate surface area is 122 Å². The molecule has 3 N–H and O–H groups in total. The lowest BCUT2D eigenvalue weighted by Crippen LogP contribution is -2.48. The summed E-state index contributed by atoms with van der Waals surface area (Å²) in [6.45, 7) is 0. The van der Waals surface area contributed by atoms with Gasteiger partial charge in [0, 0.05) is 13.5 Å². The molecule has 0 saturated carbocycles. The van der Waals surface area contributed by atoms with Crippen molar-refractivity contribution in [3.05, 3.63) is 23.8 Å². The van der Waals surface area contributed by atoms with Gasteiger partial charge in [-0.3, -0.25) is 14.5 Å². The van der Waals surface area contributed by atoms with E-state index in [0.717, 1.165) is 4.90 Å². The van der Waals surface area contributed by atoms with E-state index in [1.54, 1.807) is 12.1 Å². The van der Waals surface area contributed by atoms with Crippen LogP contribution in [0, 0.1) is 0 Å². The van der Waals surface area contributed by atoms with Crippen LogP contribution in [-0.2, 0) is 14.3 Å². The molecule has 2 amide bonds. The van der Waals surface area contributed by atoms with Gasteiger partial charge >= 0.3 is 5.97 Å². The molecule has 7 heteroatoms. The Morgan fingerprint density at radius 1 is 1.43 bits per heavy atom. The maximum absolute atomic E-state index is 12.0. The number of hydrogen-bond acceptors (Lipinski definition) is 6. The minimum atomic E-state index is -0.539. The van der Waals surface area contributed by atoms with Crippen molar-refractivity contribution >= 4 is 29.2 Å². The number of nitrogen functional groups attached to an aromatic ring is 1. The highest BCUT2D eigenvalue weighted by molar-refractivity contribution is 6.01. The number of hydrogen-bond donors (Lipinski definition) is 2. The number of piperidine rings is 1. The molecule has 1 saturated heterocycles. The smallest absolute Gasteiger partial charge is 0.337 e. The number of esters is 1. The van der Waals surface area contributed by atoms with Crippen molar-refractivity contribution in [1.29, 1.82) is 0 Å². The molecule has 0 spiro atoms. The van der Waals surface area contributed by atoms with E-state index < -0.39 is 12.0 Å². The molecule has 0 aliphatic carbocycles. The predicted molar refractivity (Wildman–Crippen MR) is 76.6 cm³/mol. The summed E-state index contributed by atoms with van der Waals surface area (Å²) in [5.41, 5.74) is 7.07. The summed E-state index contributed by atoms with van der Waals surface area (Å²) in [5.74, 6) is -0.997. The standard InChI is InChI=1S/C14H17N3O4/c1-17-12(18)6-5-10(13(17)19)16-11-7-8(14(20)21-2)3-4-9(11)15/h3-4,7,10,16H,5-6,15H2,1-2H3. The van der Waals surface area contributed by atoms with E-state index in [0.29, 0.717) is 23.4 Å². The van der Waals surface area contributed by atoms with Gasteiger partial charge in [-0.1, -0.05) is 0 Å². The fourth-order valence-corrected chi connectivity index (χ4v) is 2.16. The van der Waals surface area contributed by atoms with Crippen LogP contribution in [0.4, 0.5) is 11.4 Å². The maximum atomic E-state index is 12.0. The van der Waals surface area contributed by atoms with Crippen LogP contribution in [-0.4, -0.2) is 42.9 Å². The lowest BCUT2D eigenvalue weighted by atomic mass is 10.0. The molecule has 0 aromatic heterocycles. The molecule has 21 heavy (non-hydrogen) atoms. The number of carbonyl (C=O) groups is 3. The molecule has 1 fully saturated rings. The van der Waals surface area contributed by atoms with E-state index in [9.17, 15) is 14.4 Å². The molecular weight excluding hydrogens is 274 g/mol. The van der Waals surface area contributed by atoms with Crippen molar-refractivity contribution < 1.29 is 19.1 Å². The second-order valence-electron chi connectivity index (χ2n) is 4.82. The van der Waals surface area contributed by atoms with Crippen molar-refractivity contribution in [3.63, 3.8) is 0 Å². The van der Waals surface area contributed by atoms with E-state index in [1.165, 1.54) is 20.2 Å². The van der Waals surface area contributed by atoms with Crippen molar-refractivity contribution in [3.8, 4) is 0 Å². The van der Waals surface area contributed by atoms with Crippen LogP contribution in [0.3, 0.4) is 0 Å². The highest BCUT2D eigenvalue weighted by Crippen LogP contribution is 2.24. The molecule has 0 radical (unpaired) electrons. The van der Waals surface area contributed by atoms with Crippen LogP contribution in [0.1, 0.15) is 23.2 Å². The second-order valence-corrected chi connectivity index (χ2v) is 4.82. The molecule has 7 nitrogen and oxygen atoms in total. The number of ether oxygens (including phenoxy) is 1. The number of nitrogens with one attached hydrogen (secondary N) is 1. The van der Waals surface area contributed by atoms with Gasteiger partial charge in [0.15, 0.2) is 0 Å². The fraction of sp³-hybridized carbons (Fsp3) is 0.357. The van der Waals surface area contributed by atoms with Crippen molar-refractivity contribution in [2.24, 2.45) is 0 Å². The number of nitrogens with two attached hydrogens (primary N) is 1. The van der Waals surface area contributed by atoms with Gasteiger partial charge in [0.25, 0.3) is 5.91 Å². The third kappa shape index (κ3) is 2.96. The maximum Gasteiger partial charge on any atom is 0.337 e. The quantitative estimate of drug-likeness (QED) is 0.481. The van der Waals surface area contributed by atoms with Gasteiger partial charge in [0.05, 0.1) is 24.0 Å². The Morgan fingerprint density at radius 3 is 2.81 bits per heavy atom. The first kappa shape index (κ1) is 14.8. The van der Waals surface area contributed by atoms with Crippen molar-refractivity contribution in [1.82, 2.24) is 4.90 Å². The highest BCUT2D eigenvalue weighted by Gasteiger charge is 2.31. The Balaban J connectivity index is 2.21. The Bertz CT molecular complexity index is 600. The number of amides is 2. The average molecular weight is 291 g/mol. The summed E-state index contributed by atoms with van der Waals surface area (Å²) in [5, 5.41) is 2.99. The van der Waals surface area contributed by atoms with E-state index >= 15 is 0 Å². The first-order valence-corrected chi connectivity index (χ1v) is 6.49. The van der Waals surface area contributed by atoms with Crippen molar-refractivity contribution in [2.45, 2.75) is 18.9 Å². The average Bonchev–Trinajstić information content (AvgIpc) is 2.49. The van der Waals surface area contributed by atoms with E-state index in [2.05, 4.69) is 10.1 Å². The zero-order chi connectivity index (χ0) is 15.6. The third-order valence-electron chi connectivity index (χ3n) is 3.45. The second kappa shape index (κ2) is 5.82. The lowest BCUT2D eigenvalue weighted by molar-refractivity contribution is -0.146. The number of anilines is 2. The number of methoxy groups -OCH3 is 1. The minimum absolute atomic E-state index is 0.200. The summed E-state index contributed by atoms with van der Waals surface area (Å²) in [6, 6.07) is 4.11. The van der Waals surface area contributed by atoms with Crippen LogP contribution in [0.25, 0.3) is 0 Å². The first-order valence-electron chi connectivity index (χ1n) is 6.49. The summed E-state index contributed by atoms with van der Waals surface area (Å²) in [6.07, 6.45) is 0.681. The van der Waals surface area contributed by atoms with Crippen LogP contribution >= 0.6 is 0 Å². The van der Waals surface area contributed by atoms with Crippen LogP contribution in [0.5, 0.6) is 0 Å². The number of rotatable bonds is 3. The molecule has 0 bridgehead atoms. The largest absolute Gasteiger partial charge is 0.465 e. The molecule has 112 valence electrons. The van der Waals surface area contributed by atoms with Crippen LogP contribution in [0.2, 0.25) is 0 Å². The predicted octanol–water partition coefficient (Wildman–Crippen LogP) is 0.615. The molecule has 1 atom stereocenters. The zero-order valence-corrected chi connectivity index (χ0v) is 11.9.